The van der Waals surface area contributed by atoms with Gasteiger partial charge >= 0.3 is 0 Å². The van der Waals surface area contributed by atoms with Crippen LogP contribution in [0.1, 0.15) is 43.0 Å². The van der Waals surface area contributed by atoms with Crippen molar-refractivity contribution in [1.82, 2.24) is 14.9 Å². The maximum atomic E-state index is 14.9. The molecule has 0 amide bonds. The van der Waals surface area contributed by atoms with E-state index in [2.05, 4.69) is 21.4 Å². The van der Waals surface area contributed by atoms with E-state index in [0.29, 0.717) is 55.1 Å². The third kappa shape index (κ3) is 4.67. The van der Waals surface area contributed by atoms with E-state index in [4.69, 9.17) is 19.2 Å². The van der Waals surface area contributed by atoms with Gasteiger partial charge in [-0.2, -0.15) is 4.98 Å². The van der Waals surface area contributed by atoms with Gasteiger partial charge in [0.05, 0.1) is 17.8 Å². The Balaban J connectivity index is 1.32. The van der Waals surface area contributed by atoms with Crippen LogP contribution in [0.15, 0.2) is 41.2 Å². The summed E-state index contributed by atoms with van der Waals surface area (Å²) in [5, 5.41) is 1.75. The molecule has 206 valence electrons. The molecule has 39 heavy (non-hydrogen) atoms. The molecular weight excluding hydrogens is 499 g/mol. The molecule has 0 spiro atoms. The largest absolute Gasteiger partial charge is 0.467 e. The lowest BCUT2D eigenvalue weighted by Crippen LogP contribution is -2.44. The zero-order chi connectivity index (χ0) is 27.1. The molecule has 0 aliphatic carbocycles. The van der Waals surface area contributed by atoms with Crippen molar-refractivity contribution in [2.75, 3.05) is 45.0 Å². The van der Waals surface area contributed by atoms with Gasteiger partial charge in [0.2, 0.25) is 0 Å². The molecule has 4 heterocycles. The Bertz CT molecular complexity index is 1490. The van der Waals surface area contributed by atoms with Gasteiger partial charge in [-0.15, -0.1) is 0 Å². The van der Waals surface area contributed by atoms with Gasteiger partial charge in [0.15, 0.2) is 6.79 Å². The second-order valence-corrected chi connectivity index (χ2v) is 10.9. The van der Waals surface area contributed by atoms with Crippen molar-refractivity contribution in [2.24, 2.45) is 0 Å². The van der Waals surface area contributed by atoms with E-state index in [0.717, 1.165) is 48.8 Å². The van der Waals surface area contributed by atoms with Gasteiger partial charge in [-0.3, -0.25) is 14.7 Å². The summed E-state index contributed by atoms with van der Waals surface area (Å²) >= 11 is 0. The smallest absolute Gasteiger partial charge is 0.296 e. The molecule has 6 rings (SSSR count). The minimum atomic E-state index is -0.227. The first-order valence-electron chi connectivity index (χ1n) is 13.7. The third-order valence-electron chi connectivity index (χ3n) is 8.42. The van der Waals surface area contributed by atoms with E-state index in [1.165, 1.54) is 11.6 Å². The zero-order valence-corrected chi connectivity index (χ0v) is 22.6. The number of hydrogen-bond acceptors (Lipinski definition) is 7. The van der Waals surface area contributed by atoms with Crippen molar-refractivity contribution >= 4 is 16.5 Å². The minimum Gasteiger partial charge on any atom is -0.467 e. The summed E-state index contributed by atoms with van der Waals surface area (Å²) in [6, 6.07) is 7.37. The highest BCUT2D eigenvalue weighted by molar-refractivity contribution is 5.98. The second kappa shape index (κ2) is 10.3. The fourth-order valence-corrected chi connectivity index (χ4v) is 6.61. The van der Waals surface area contributed by atoms with Crippen molar-refractivity contribution in [3.8, 4) is 11.8 Å². The molecule has 1 unspecified atom stereocenters. The maximum Gasteiger partial charge on any atom is 0.296 e. The third-order valence-corrected chi connectivity index (χ3v) is 8.42. The van der Waals surface area contributed by atoms with Crippen molar-refractivity contribution in [3.05, 3.63) is 69.4 Å². The highest BCUT2D eigenvalue weighted by Gasteiger charge is 2.46. The lowest BCUT2D eigenvalue weighted by Gasteiger charge is -2.32. The number of ether oxygens (including phenoxy) is 3. The number of benzene rings is 2. The molecule has 3 aliphatic rings. The second-order valence-electron chi connectivity index (χ2n) is 10.9. The van der Waals surface area contributed by atoms with Crippen LogP contribution in [0.25, 0.3) is 10.8 Å². The fraction of sp³-hybridized carbons (Fsp3) is 0.467. The van der Waals surface area contributed by atoms with E-state index >= 15 is 0 Å². The Morgan fingerprint density at radius 1 is 1.21 bits per heavy atom. The van der Waals surface area contributed by atoms with Gasteiger partial charge < -0.3 is 19.1 Å². The van der Waals surface area contributed by atoms with Crippen LogP contribution in [0.5, 0.6) is 11.8 Å². The van der Waals surface area contributed by atoms with E-state index in [-0.39, 0.29) is 29.7 Å². The van der Waals surface area contributed by atoms with Gasteiger partial charge in [0.1, 0.15) is 18.2 Å². The maximum absolute atomic E-state index is 14.9. The number of aromatic nitrogens is 2. The summed E-state index contributed by atoms with van der Waals surface area (Å²) in [5.74, 6) is 0.412. The van der Waals surface area contributed by atoms with Crippen LogP contribution >= 0.6 is 0 Å². The summed E-state index contributed by atoms with van der Waals surface area (Å²) < 4.78 is 31.9. The van der Waals surface area contributed by atoms with Crippen molar-refractivity contribution in [2.45, 2.75) is 51.1 Å². The van der Waals surface area contributed by atoms with Crippen LogP contribution in [0.2, 0.25) is 0 Å². The molecule has 1 aromatic heterocycles. The minimum absolute atomic E-state index is 0.0558. The first kappa shape index (κ1) is 25.8. The van der Waals surface area contributed by atoms with E-state index in [1.807, 2.05) is 19.1 Å². The number of hydrogen-bond donors (Lipinski definition) is 1. The highest BCUT2D eigenvalue weighted by Crippen LogP contribution is 2.41. The average Bonchev–Trinajstić information content (AvgIpc) is 3.45. The fourth-order valence-electron chi connectivity index (χ4n) is 6.61. The number of nitrogens with one attached hydrogen (secondary N) is 1. The number of H-pyrrole nitrogens is 1. The number of anilines is 1. The highest BCUT2D eigenvalue weighted by atomic mass is 19.1. The van der Waals surface area contributed by atoms with Crippen LogP contribution < -0.4 is 19.9 Å². The molecule has 9 heteroatoms. The number of nitrogens with zero attached hydrogens (tertiary/aromatic N) is 3. The number of fused-ring (bicyclic) bond motifs is 3. The molecule has 0 saturated carbocycles. The zero-order valence-electron chi connectivity index (χ0n) is 22.6. The summed E-state index contributed by atoms with van der Waals surface area (Å²) in [4.78, 5) is 25.3. The molecule has 0 bridgehead atoms. The van der Waals surface area contributed by atoms with Crippen LogP contribution in [0.3, 0.4) is 0 Å². The van der Waals surface area contributed by atoms with E-state index in [1.54, 1.807) is 13.2 Å². The van der Waals surface area contributed by atoms with Crippen molar-refractivity contribution in [1.29, 1.82) is 0 Å². The molecule has 8 nitrogen and oxygen atoms in total. The number of methoxy groups -OCH3 is 1. The molecular formula is C30H35FN4O4. The number of aryl methyl sites for hydroxylation is 1. The monoisotopic (exact) mass is 534 g/mol. The number of aromatic amines is 1. The molecule has 2 fully saturated rings. The van der Waals surface area contributed by atoms with Crippen LogP contribution in [0.4, 0.5) is 10.1 Å². The summed E-state index contributed by atoms with van der Waals surface area (Å²) in [7, 11) is 1.57. The van der Waals surface area contributed by atoms with Crippen molar-refractivity contribution in [3.63, 3.8) is 0 Å². The Hall–Kier alpha value is -3.43. The SMILES string of the molecule is C=C1CN2CCCC2(COc2nc3c(c(=O)[nH]2)CCN(c2cc(OCOC)cc4ccc(F)c(CC)c24)C3)C1. The van der Waals surface area contributed by atoms with E-state index in [9.17, 15) is 9.18 Å². The van der Waals surface area contributed by atoms with Crippen LogP contribution in [-0.2, 0) is 24.1 Å². The van der Waals surface area contributed by atoms with Gasteiger partial charge in [0.25, 0.3) is 11.6 Å². The Labute approximate surface area is 227 Å². The molecule has 2 saturated heterocycles. The first-order valence-corrected chi connectivity index (χ1v) is 13.7. The Morgan fingerprint density at radius 3 is 2.90 bits per heavy atom. The summed E-state index contributed by atoms with van der Waals surface area (Å²) in [5.41, 5.74) is 3.89. The average molecular weight is 535 g/mol. The topological polar surface area (TPSA) is 79.9 Å². The van der Waals surface area contributed by atoms with Crippen LogP contribution in [-0.4, -0.2) is 60.6 Å². The summed E-state index contributed by atoms with van der Waals surface area (Å²) in [6.07, 6.45) is 4.19. The number of rotatable bonds is 8. The van der Waals surface area contributed by atoms with Gasteiger partial charge in [-0.05, 0) is 61.7 Å². The Kier molecular flexibility index (Phi) is 6.81. The molecule has 2 aromatic carbocycles. The Morgan fingerprint density at radius 2 is 2.08 bits per heavy atom. The van der Waals surface area contributed by atoms with E-state index < -0.39 is 0 Å². The lowest BCUT2D eigenvalue weighted by molar-refractivity contribution is 0.0512. The molecule has 0 radical (unpaired) electrons. The normalized spacial score (nSPS) is 20.9. The summed E-state index contributed by atoms with van der Waals surface area (Å²) in [6.45, 7) is 9.70. The molecule has 3 aromatic rings. The van der Waals surface area contributed by atoms with Crippen molar-refractivity contribution < 1.29 is 18.6 Å². The first-order chi connectivity index (χ1) is 18.9. The quantitative estimate of drug-likeness (QED) is 0.340. The molecule has 1 N–H and O–H groups in total. The van der Waals surface area contributed by atoms with Crippen LogP contribution in [0, 0.1) is 5.82 Å². The molecule has 3 aliphatic heterocycles. The van der Waals surface area contributed by atoms with Gasteiger partial charge in [0, 0.05) is 42.9 Å². The lowest BCUT2D eigenvalue weighted by atomic mass is 9.94. The predicted octanol–water partition coefficient (Wildman–Crippen LogP) is 4.34. The predicted molar refractivity (Wildman–Crippen MR) is 148 cm³/mol. The standard InChI is InChI=1S/C30H35FN4O4/c1-4-22-24(31)7-6-20-12-21(39-18-37-3)13-26(27(20)22)34-11-8-23-25(16-34)32-29(33-28(23)36)38-17-30-9-5-10-35(30)15-19(2)14-30/h6-7,12-13H,2,4-5,8-11,14-18H2,1,3H3,(H,32,33,36). The van der Waals surface area contributed by atoms with Gasteiger partial charge in [-0.1, -0.05) is 25.1 Å². The molecule has 1 atom stereocenters. The van der Waals surface area contributed by atoms with Gasteiger partial charge in [-0.25, -0.2) is 4.39 Å². The number of halogens is 1.